The van der Waals surface area contributed by atoms with Gasteiger partial charge in [-0.3, -0.25) is 20.2 Å². The monoisotopic (exact) mass is 224 g/mol. The molecule has 0 saturated carbocycles. The van der Waals surface area contributed by atoms with E-state index in [9.17, 15) is 20.2 Å². The van der Waals surface area contributed by atoms with E-state index in [1.54, 1.807) is 0 Å². The molecule has 1 N–H and O–H groups in total. The lowest BCUT2D eigenvalue weighted by atomic mass is 10.1. The predicted octanol–water partition coefficient (Wildman–Crippen LogP) is 1.51. The van der Waals surface area contributed by atoms with E-state index < -0.39 is 9.85 Å². The summed E-state index contributed by atoms with van der Waals surface area (Å²) in [6, 6.07) is 3.32. The molecule has 16 heavy (non-hydrogen) atoms. The van der Waals surface area contributed by atoms with Crippen LogP contribution in [0.2, 0.25) is 0 Å². The van der Waals surface area contributed by atoms with Crippen LogP contribution in [0.4, 0.5) is 11.4 Å². The van der Waals surface area contributed by atoms with Gasteiger partial charge in [-0.15, -0.1) is 0 Å². The molecule has 1 rings (SSSR count). The van der Waals surface area contributed by atoms with E-state index in [0.717, 1.165) is 6.07 Å². The Morgan fingerprint density at radius 2 is 1.94 bits per heavy atom. The highest BCUT2D eigenvalue weighted by Crippen LogP contribution is 2.25. The first-order valence-corrected chi connectivity index (χ1v) is 4.26. The first-order chi connectivity index (χ1) is 7.56. The number of non-ortho nitro benzene ring substituents is 1. The van der Waals surface area contributed by atoms with Gasteiger partial charge in [0.1, 0.15) is 0 Å². The number of aliphatic hydroxyl groups is 1. The van der Waals surface area contributed by atoms with E-state index in [2.05, 4.69) is 0 Å². The van der Waals surface area contributed by atoms with Crippen molar-refractivity contribution in [1.82, 2.24) is 0 Å². The molecule has 7 heteroatoms. The van der Waals surface area contributed by atoms with Crippen molar-refractivity contribution in [2.45, 2.75) is 0 Å². The second-order valence-corrected chi connectivity index (χ2v) is 2.84. The summed E-state index contributed by atoms with van der Waals surface area (Å²) >= 11 is 0. The molecule has 0 aliphatic rings. The summed E-state index contributed by atoms with van der Waals surface area (Å²) in [5, 5.41) is 29.6. The Morgan fingerprint density at radius 1 is 1.25 bits per heavy atom. The standard InChI is InChI=1S/C9H8N2O5/c12-5-1-2-7-3-4-8(10(13)14)6-9(7)11(15)16/h1-4,6,12H,5H2/b2-1+. The molecule has 0 spiro atoms. The summed E-state index contributed by atoms with van der Waals surface area (Å²) in [6.45, 7) is -0.256. The fourth-order valence-corrected chi connectivity index (χ4v) is 1.12. The Hall–Kier alpha value is -2.28. The van der Waals surface area contributed by atoms with Crippen molar-refractivity contribution in [2.24, 2.45) is 0 Å². The van der Waals surface area contributed by atoms with Gasteiger partial charge < -0.3 is 5.11 Å². The van der Waals surface area contributed by atoms with E-state index in [0.29, 0.717) is 0 Å². The molecule has 0 bridgehead atoms. The smallest absolute Gasteiger partial charge is 0.283 e. The Labute approximate surface area is 89.9 Å². The minimum Gasteiger partial charge on any atom is -0.392 e. The fourth-order valence-electron chi connectivity index (χ4n) is 1.12. The number of rotatable bonds is 4. The maximum Gasteiger partial charge on any atom is 0.283 e. The molecule has 0 unspecified atom stereocenters. The van der Waals surface area contributed by atoms with E-state index in [4.69, 9.17) is 5.11 Å². The fraction of sp³-hybridized carbons (Fsp3) is 0.111. The molecule has 0 atom stereocenters. The first kappa shape index (κ1) is 11.8. The van der Waals surface area contributed by atoms with Crippen LogP contribution in [-0.4, -0.2) is 21.6 Å². The highest BCUT2D eigenvalue weighted by molar-refractivity contribution is 5.63. The van der Waals surface area contributed by atoms with Crippen LogP contribution < -0.4 is 0 Å². The molecular weight excluding hydrogens is 216 g/mol. The van der Waals surface area contributed by atoms with Crippen LogP contribution in [0.25, 0.3) is 6.08 Å². The number of aliphatic hydroxyl groups excluding tert-OH is 1. The van der Waals surface area contributed by atoms with Gasteiger partial charge in [0.2, 0.25) is 0 Å². The Morgan fingerprint density at radius 3 is 2.44 bits per heavy atom. The summed E-state index contributed by atoms with van der Waals surface area (Å²) in [5.41, 5.74) is -0.489. The lowest BCUT2D eigenvalue weighted by molar-refractivity contribution is -0.394. The lowest BCUT2D eigenvalue weighted by Crippen LogP contribution is -1.95. The Balaban J connectivity index is 3.24. The Bertz CT molecular complexity index is 455. The summed E-state index contributed by atoms with van der Waals surface area (Å²) in [7, 11) is 0. The van der Waals surface area contributed by atoms with Crippen LogP contribution >= 0.6 is 0 Å². The zero-order valence-corrected chi connectivity index (χ0v) is 8.07. The highest BCUT2D eigenvalue weighted by atomic mass is 16.6. The molecule has 0 radical (unpaired) electrons. The summed E-state index contributed by atoms with van der Waals surface area (Å²) in [4.78, 5) is 19.7. The normalized spacial score (nSPS) is 10.6. The van der Waals surface area contributed by atoms with Crippen molar-refractivity contribution < 1.29 is 15.0 Å². The van der Waals surface area contributed by atoms with Crippen LogP contribution in [0.15, 0.2) is 24.3 Å². The van der Waals surface area contributed by atoms with Crippen molar-refractivity contribution in [3.8, 4) is 0 Å². The molecule has 0 heterocycles. The molecule has 0 fully saturated rings. The number of nitro groups is 2. The van der Waals surface area contributed by atoms with Crippen LogP contribution in [0, 0.1) is 20.2 Å². The van der Waals surface area contributed by atoms with Crippen LogP contribution in [0.3, 0.4) is 0 Å². The number of nitrogens with zero attached hydrogens (tertiary/aromatic N) is 2. The summed E-state index contributed by atoms with van der Waals surface area (Å²) in [5.74, 6) is 0. The zero-order valence-electron chi connectivity index (χ0n) is 8.07. The average molecular weight is 224 g/mol. The van der Waals surface area contributed by atoms with Gasteiger partial charge in [0.05, 0.1) is 28.1 Å². The van der Waals surface area contributed by atoms with E-state index >= 15 is 0 Å². The lowest BCUT2D eigenvalue weighted by Gasteiger charge is -1.97. The minimum absolute atomic E-state index is 0.213. The predicted molar refractivity (Wildman–Crippen MR) is 55.9 cm³/mol. The molecular formula is C9H8N2O5. The zero-order chi connectivity index (χ0) is 12.1. The molecule has 7 nitrogen and oxygen atoms in total. The van der Waals surface area contributed by atoms with Crippen molar-refractivity contribution in [3.05, 3.63) is 50.1 Å². The second kappa shape index (κ2) is 4.99. The third-order valence-electron chi connectivity index (χ3n) is 1.82. The number of hydrogen-bond acceptors (Lipinski definition) is 5. The average Bonchev–Trinajstić information content (AvgIpc) is 2.25. The minimum atomic E-state index is -0.704. The summed E-state index contributed by atoms with van der Waals surface area (Å²) in [6.07, 6.45) is 2.65. The van der Waals surface area contributed by atoms with E-state index in [1.807, 2.05) is 0 Å². The quantitative estimate of drug-likeness (QED) is 0.616. The van der Waals surface area contributed by atoms with Crippen LogP contribution in [0.1, 0.15) is 5.56 Å². The van der Waals surface area contributed by atoms with Crippen molar-refractivity contribution >= 4 is 17.5 Å². The van der Waals surface area contributed by atoms with Gasteiger partial charge in [-0.2, -0.15) is 0 Å². The number of nitro benzene ring substituents is 2. The topological polar surface area (TPSA) is 107 Å². The van der Waals surface area contributed by atoms with Gasteiger partial charge in [-0.05, 0) is 12.1 Å². The van der Waals surface area contributed by atoms with Gasteiger partial charge in [-0.25, -0.2) is 0 Å². The molecule has 0 aliphatic carbocycles. The molecule has 0 aliphatic heterocycles. The van der Waals surface area contributed by atoms with Crippen LogP contribution in [-0.2, 0) is 0 Å². The molecule has 84 valence electrons. The maximum atomic E-state index is 10.6. The van der Waals surface area contributed by atoms with Gasteiger partial charge in [0.15, 0.2) is 0 Å². The van der Waals surface area contributed by atoms with Gasteiger partial charge in [-0.1, -0.05) is 6.08 Å². The molecule has 1 aromatic carbocycles. The van der Waals surface area contributed by atoms with Crippen molar-refractivity contribution in [3.63, 3.8) is 0 Å². The van der Waals surface area contributed by atoms with Crippen molar-refractivity contribution in [2.75, 3.05) is 6.61 Å². The van der Waals surface area contributed by atoms with Crippen LogP contribution in [0.5, 0.6) is 0 Å². The molecule has 0 aromatic heterocycles. The SMILES string of the molecule is O=[N+]([O-])c1ccc(/C=C/CO)c([N+](=O)[O-])c1. The highest BCUT2D eigenvalue weighted by Gasteiger charge is 2.17. The third-order valence-corrected chi connectivity index (χ3v) is 1.82. The molecule has 0 amide bonds. The largest absolute Gasteiger partial charge is 0.392 e. The second-order valence-electron chi connectivity index (χ2n) is 2.84. The third kappa shape index (κ3) is 2.61. The van der Waals surface area contributed by atoms with Gasteiger partial charge in [0, 0.05) is 6.07 Å². The maximum absolute atomic E-state index is 10.6. The first-order valence-electron chi connectivity index (χ1n) is 4.26. The van der Waals surface area contributed by atoms with Gasteiger partial charge >= 0.3 is 0 Å². The van der Waals surface area contributed by atoms with Gasteiger partial charge in [0.25, 0.3) is 11.4 Å². The Kier molecular flexibility index (Phi) is 3.67. The van der Waals surface area contributed by atoms with E-state index in [-0.39, 0.29) is 23.5 Å². The molecule has 1 aromatic rings. The van der Waals surface area contributed by atoms with Crippen molar-refractivity contribution in [1.29, 1.82) is 0 Å². The molecule has 0 saturated heterocycles. The van der Waals surface area contributed by atoms with E-state index in [1.165, 1.54) is 24.3 Å². The summed E-state index contributed by atoms with van der Waals surface area (Å²) < 4.78 is 0. The number of hydrogen-bond donors (Lipinski definition) is 1. The number of benzene rings is 1.